The molecule has 0 saturated carbocycles. The van der Waals surface area contributed by atoms with E-state index in [0.717, 1.165) is 16.9 Å². The summed E-state index contributed by atoms with van der Waals surface area (Å²) in [6, 6.07) is 24.6. The summed E-state index contributed by atoms with van der Waals surface area (Å²) in [5.41, 5.74) is 7.31. The molecule has 0 aliphatic carbocycles. The van der Waals surface area contributed by atoms with Crippen molar-refractivity contribution in [1.29, 1.82) is 0 Å². The fourth-order valence-corrected chi connectivity index (χ4v) is 2.76. The second-order valence-corrected chi connectivity index (χ2v) is 6.30. The fraction of sp³-hybridized carbons (Fsp3) is 0.174. The third kappa shape index (κ3) is 5.59. The van der Waals surface area contributed by atoms with E-state index in [2.05, 4.69) is 0 Å². The zero-order chi connectivity index (χ0) is 19.8. The lowest BCUT2D eigenvalue weighted by Gasteiger charge is -2.17. The summed E-state index contributed by atoms with van der Waals surface area (Å²) < 4.78 is 16.9. The van der Waals surface area contributed by atoms with Crippen LogP contribution in [0, 0.1) is 0 Å². The van der Waals surface area contributed by atoms with Gasteiger partial charge in [-0.05, 0) is 47.5 Å². The Labute approximate surface area is 164 Å². The molecule has 0 aromatic heterocycles. The highest BCUT2D eigenvalue weighted by molar-refractivity contribution is 5.74. The van der Waals surface area contributed by atoms with E-state index < -0.39 is 12.0 Å². The summed E-state index contributed by atoms with van der Waals surface area (Å²) in [7, 11) is 1.62. The Balaban J connectivity index is 1.67. The second kappa shape index (κ2) is 9.58. The largest absolute Gasteiger partial charge is 0.497 e. The average molecular weight is 377 g/mol. The van der Waals surface area contributed by atoms with E-state index >= 15 is 0 Å². The Morgan fingerprint density at radius 2 is 1.43 bits per heavy atom. The van der Waals surface area contributed by atoms with Gasteiger partial charge in [-0.25, -0.2) is 0 Å². The van der Waals surface area contributed by atoms with Crippen molar-refractivity contribution in [3.8, 4) is 17.2 Å². The van der Waals surface area contributed by atoms with Crippen molar-refractivity contribution in [2.24, 2.45) is 5.73 Å². The van der Waals surface area contributed by atoms with E-state index in [1.165, 1.54) is 0 Å². The number of primary amides is 1. The number of nitrogens with two attached hydrogens (primary N) is 1. The minimum Gasteiger partial charge on any atom is -0.497 e. The van der Waals surface area contributed by atoms with Gasteiger partial charge in [-0.15, -0.1) is 0 Å². The van der Waals surface area contributed by atoms with Crippen molar-refractivity contribution in [1.82, 2.24) is 0 Å². The smallest absolute Gasteiger partial charge is 0.220 e. The molecule has 28 heavy (non-hydrogen) atoms. The lowest BCUT2D eigenvalue weighted by atomic mass is 10.1. The Kier molecular flexibility index (Phi) is 6.65. The minimum atomic E-state index is -0.409. The van der Waals surface area contributed by atoms with Gasteiger partial charge in [0.05, 0.1) is 26.2 Å². The number of hydrogen-bond acceptors (Lipinski definition) is 4. The van der Waals surface area contributed by atoms with Crippen molar-refractivity contribution >= 4 is 5.91 Å². The molecular weight excluding hydrogens is 354 g/mol. The maximum atomic E-state index is 11.5. The van der Waals surface area contributed by atoms with Crippen LogP contribution < -0.4 is 15.2 Å². The number of rotatable bonds is 9. The Hall–Kier alpha value is -3.31. The van der Waals surface area contributed by atoms with Crippen LogP contribution in [-0.4, -0.2) is 13.0 Å². The molecule has 3 rings (SSSR count). The first-order valence-electron chi connectivity index (χ1n) is 9.00. The highest BCUT2D eigenvalue weighted by Gasteiger charge is 2.15. The monoisotopic (exact) mass is 377 g/mol. The molecule has 3 aromatic rings. The number of ether oxygens (including phenoxy) is 3. The molecule has 1 amide bonds. The summed E-state index contributed by atoms with van der Waals surface area (Å²) in [6.07, 6.45) is -0.293. The van der Waals surface area contributed by atoms with Gasteiger partial charge in [0.1, 0.15) is 17.2 Å². The highest BCUT2D eigenvalue weighted by Crippen LogP contribution is 2.28. The van der Waals surface area contributed by atoms with Crippen molar-refractivity contribution in [2.75, 3.05) is 7.11 Å². The van der Waals surface area contributed by atoms with E-state index in [1.807, 2.05) is 78.9 Å². The lowest BCUT2D eigenvalue weighted by molar-refractivity contribution is -0.121. The molecule has 2 N–H and O–H groups in total. The summed E-state index contributed by atoms with van der Waals surface area (Å²) >= 11 is 0. The molecule has 3 aromatic carbocycles. The molecule has 0 aliphatic rings. The van der Waals surface area contributed by atoms with Crippen molar-refractivity contribution < 1.29 is 19.0 Å². The predicted octanol–water partition coefficient (Wildman–Crippen LogP) is 4.62. The normalized spacial score (nSPS) is 11.6. The van der Waals surface area contributed by atoms with Crippen LogP contribution in [0.5, 0.6) is 17.2 Å². The quantitative estimate of drug-likeness (QED) is 0.591. The van der Waals surface area contributed by atoms with Crippen LogP contribution >= 0.6 is 0 Å². The predicted molar refractivity (Wildman–Crippen MR) is 107 cm³/mol. The van der Waals surface area contributed by atoms with Gasteiger partial charge in [-0.3, -0.25) is 4.79 Å². The topological polar surface area (TPSA) is 70.8 Å². The van der Waals surface area contributed by atoms with Crippen LogP contribution in [0.15, 0.2) is 78.9 Å². The Bertz CT molecular complexity index is 877. The van der Waals surface area contributed by atoms with Gasteiger partial charge in [0.2, 0.25) is 5.91 Å². The molecule has 1 atom stereocenters. The summed E-state index contributed by atoms with van der Waals surface area (Å²) in [4.78, 5) is 11.5. The molecule has 0 spiro atoms. The molecule has 0 aliphatic heterocycles. The van der Waals surface area contributed by atoms with Gasteiger partial charge in [0, 0.05) is 0 Å². The molecule has 144 valence electrons. The van der Waals surface area contributed by atoms with Gasteiger partial charge in [-0.1, -0.05) is 42.5 Å². The van der Waals surface area contributed by atoms with Crippen LogP contribution in [0.25, 0.3) is 0 Å². The highest BCUT2D eigenvalue weighted by atomic mass is 16.5. The van der Waals surface area contributed by atoms with E-state index in [-0.39, 0.29) is 6.42 Å². The van der Waals surface area contributed by atoms with E-state index in [0.29, 0.717) is 18.1 Å². The third-order valence-corrected chi connectivity index (χ3v) is 4.23. The first-order chi connectivity index (χ1) is 13.6. The van der Waals surface area contributed by atoms with Crippen LogP contribution in [0.4, 0.5) is 0 Å². The van der Waals surface area contributed by atoms with Crippen molar-refractivity contribution in [3.05, 3.63) is 90.0 Å². The molecule has 0 heterocycles. The second-order valence-electron chi connectivity index (χ2n) is 6.30. The van der Waals surface area contributed by atoms with Gasteiger partial charge < -0.3 is 19.9 Å². The molecule has 0 radical (unpaired) electrons. The minimum absolute atomic E-state index is 0.117. The summed E-state index contributed by atoms with van der Waals surface area (Å²) in [5, 5.41) is 0. The van der Waals surface area contributed by atoms with Gasteiger partial charge in [0.25, 0.3) is 0 Å². The van der Waals surface area contributed by atoms with Crippen LogP contribution in [0.2, 0.25) is 0 Å². The van der Waals surface area contributed by atoms with Crippen molar-refractivity contribution in [3.63, 3.8) is 0 Å². The number of methoxy groups -OCH3 is 1. The average Bonchev–Trinajstić information content (AvgIpc) is 2.73. The van der Waals surface area contributed by atoms with Crippen molar-refractivity contribution in [2.45, 2.75) is 19.1 Å². The first-order valence-corrected chi connectivity index (χ1v) is 9.00. The first kappa shape index (κ1) is 19.5. The molecular formula is C23H23NO4. The molecule has 5 heteroatoms. The molecule has 1 unspecified atom stereocenters. The molecule has 0 fully saturated rings. The van der Waals surface area contributed by atoms with Crippen LogP contribution in [-0.2, 0) is 16.1 Å². The summed E-state index contributed by atoms with van der Waals surface area (Å²) in [5.74, 6) is 1.77. The number of benzene rings is 3. The lowest BCUT2D eigenvalue weighted by Crippen LogP contribution is -2.17. The molecule has 0 saturated heterocycles. The van der Waals surface area contributed by atoms with Gasteiger partial charge in [0.15, 0.2) is 0 Å². The summed E-state index contributed by atoms with van der Waals surface area (Å²) in [6.45, 7) is 0.406. The zero-order valence-corrected chi connectivity index (χ0v) is 15.7. The van der Waals surface area contributed by atoms with E-state index in [9.17, 15) is 4.79 Å². The Morgan fingerprint density at radius 3 is 2.00 bits per heavy atom. The third-order valence-electron chi connectivity index (χ3n) is 4.23. The SMILES string of the molecule is COc1ccc(Oc2ccc(C(CC(N)=O)OCc3ccccc3)cc2)cc1. The maximum absolute atomic E-state index is 11.5. The van der Waals surface area contributed by atoms with E-state index in [1.54, 1.807) is 7.11 Å². The molecule has 5 nitrogen and oxygen atoms in total. The van der Waals surface area contributed by atoms with Gasteiger partial charge in [-0.2, -0.15) is 0 Å². The van der Waals surface area contributed by atoms with E-state index in [4.69, 9.17) is 19.9 Å². The van der Waals surface area contributed by atoms with Crippen LogP contribution in [0.3, 0.4) is 0 Å². The maximum Gasteiger partial charge on any atom is 0.220 e. The number of carbonyl (C=O) groups excluding carboxylic acids is 1. The zero-order valence-electron chi connectivity index (χ0n) is 15.7. The Morgan fingerprint density at radius 1 is 0.857 bits per heavy atom. The van der Waals surface area contributed by atoms with Gasteiger partial charge >= 0.3 is 0 Å². The standard InChI is InChI=1S/C23H23NO4/c1-26-19-11-13-21(14-12-19)28-20-9-7-18(8-10-20)22(15-23(24)25)27-16-17-5-3-2-4-6-17/h2-14,22H,15-16H2,1H3,(H2,24,25). The molecule has 0 bridgehead atoms. The van der Waals surface area contributed by atoms with Crippen LogP contribution in [0.1, 0.15) is 23.7 Å². The fourth-order valence-electron chi connectivity index (χ4n) is 2.76. The number of carbonyl (C=O) groups is 1. The number of hydrogen-bond donors (Lipinski definition) is 1. The number of amides is 1.